The summed E-state index contributed by atoms with van der Waals surface area (Å²) in [5.74, 6) is 0.158. The third-order valence-electron chi connectivity index (χ3n) is 4.06. The van der Waals surface area contributed by atoms with E-state index in [9.17, 15) is 4.79 Å². The van der Waals surface area contributed by atoms with Gasteiger partial charge < -0.3 is 10.1 Å². The molecule has 0 unspecified atom stereocenters. The third kappa shape index (κ3) is 2.56. The molecule has 1 rings (SSSR count). The fourth-order valence-corrected chi connectivity index (χ4v) is 3.43. The van der Waals surface area contributed by atoms with Crippen LogP contribution in [0.15, 0.2) is 0 Å². The molecule has 1 aliphatic rings. The maximum atomic E-state index is 11.9. The SMILES string of the molecule is CC(C)OC1C(C)(C)C(NC(=O)C(C)C)C1(C)C. The minimum atomic E-state index is -0.0156. The maximum absolute atomic E-state index is 11.9. The molecule has 0 radical (unpaired) electrons. The average Bonchev–Trinajstić information content (AvgIpc) is 2.21. The maximum Gasteiger partial charge on any atom is 0.222 e. The van der Waals surface area contributed by atoms with Gasteiger partial charge in [-0.1, -0.05) is 41.5 Å². The van der Waals surface area contributed by atoms with Gasteiger partial charge in [0.25, 0.3) is 0 Å². The quantitative estimate of drug-likeness (QED) is 0.838. The molecule has 0 aromatic rings. The van der Waals surface area contributed by atoms with Gasteiger partial charge in [-0.15, -0.1) is 0 Å². The topological polar surface area (TPSA) is 38.3 Å². The average molecular weight is 255 g/mol. The molecule has 3 heteroatoms. The molecule has 1 aliphatic carbocycles. The van der Waals surface area contributed by atoms with Crippen LogP contribution in [0.3, 0.4) is 0 Å². The summed E-state index contributed by atoms with van der Waals surface area (Å²) in [5.41, 5.74) is -0.0311. The second kappa shape index (κ2) is 4.84. The standard InChI is InChI=1S/C15H29NO2/c1-9(2)11(17)16-12-14(5,6)13(15(12,7)8)18-10(3)4/h9-10,12-13H,1-8H3,(H,16,17). The highest BCUT2D eigenvalue weighted by Crippen LogP contribution is 2.55. The molecule has 106 valence electrons. The number of hydrogen-bond acceptors (Lipinski definition) is 2. The summed E-state index contributed by atoms with van der Waals surface area (Å²) >= 11 is 0. The van der Waals surface area contributed by atoms with Crippen LogP contribution in [0.5, 0.6) is 0 Å². The van der Waals surface area contributed by atoms with Crippen LogP contribution >= 0.6 is 0 Å². The summed E-state index contributed by atoms with van der Waals surface area (Å²) in [5, 5.41) is 3.18. The molecule has 0 heterocycles. The molecule has 0 spiro atoms. The second-order valence-electron chi connectivity index (χ2n) is 7.30. The van der Waals surface area contributed by atoms with Gasteiger partial charge in [0.15, 0.2) is 0 Å². The van der Waals surface area contributed by atoms with Gasteiger partial charge >= 0.3 is 0 Å². The summed E-state index contributed by atoms with van der Waals surface area (Å²) in [4.78, 5) is 11.9. The Morgan fingerprint density at radius 1 is 1.06 bits per heavy atom. The lowest BCUT2D eigenvalue weighted by Gasteiger charge is -2.64. The van der Waals surface area contributed by atoms with E-state index in [4.69, 9.17) is 4.74 Å². The van der Waals surface area contributed by atoms with Crippen LogP contribution in [-0.2, 0) is 9.53 Å². The van der Waals surface area contributed by atoms with Crippen molar-refractivity contribution < 1.29 is 9.53 Å². The lowest BCUT2D eigenvalue weighted by atomic mass is 9.49. The molecule has 1 fully saturated rings. The van der Waals surface area contributed by atoms with Crippen LogP contribution in [0.1, 0.15) is 55.4 Å². The molecule has 3 nitrogen and oxygen atoms in total. The van der Waals surface area contributed by atoms with E-state index >= 15 is 0 Å². The number of hydrogen-bond donors (Lipinski definition) is 1. The molecule has 1 amide bonds. The third-order valence-corrected chi connectivity index (χ3v) is 4.06. The van der Waals surface area contributed by atoms with Crippen molar-refractivity contribution in [3.05, 3.63) is 0 Å². The van der Waals surface area contributed by atoms with E-state index in [0.717, 1.165) is 0 Å². The highest BCUT2D eigenvalue weighted by molar-refractivity contribution is 5.78. The van der Waals surface area contributed by atoms with Crippen molar-refractivity contribution in [3.8, 4) is 0 Å². The lowest BCUT2D eigenvalue weighted by Crippen LogP contribution is -2.74. The highest BCUT2D eigenvalue weighted by Gasteiger charge is 2.63. The Labute approximate surface area is 112 Å². The van der Waals surface area contributed by atoms with E-state index in [1.165, 1.54) is 0 Å². The van der Waals surface area contributed by atoms with Crippen LogP contribution in [-0.4, -0.2) is 24.2 Å². The Bertz CT molecular complexity index is 302. The number of amides is 1. The normalized spacial score (nSPS) is 29.2. The molecule has 1 saturated carbocycles. The van der Waals surface area contributed by atoms with Crippen molar-refractivity contribution in [2.24, 2.45) is 16.7 Å². The van der Waals surface area contributed by atoms with E-state index < -0.39 is 0 Å². The van der Waals surface area contributed by atoms with Crippen molar-refractivity contribution in [2.45, 2.75) is 73.6 Å². The number of nitrogens with one attached hydrogen (secondary N) is 1. The largest absolute Gasteiger partial charge is 0.374 e. The molecule has 0 saturated heterocycles. The second-order valence-corrected chi connectivity index (χ2v) is 7.30. The van der Waals surface area contributed by atoms with Crippen molar-refractivity contribution in [2.75, 3.05) is 0 Å². The van der Waals surface area contributed by atoms with Gasteiger partial charge in [-0.2, -0.15) is 0 Å². The molecular formula is C15H29NO2. The van der Waals surface area contributed by atoms with Crippen LogP contribution in [0.2, 0.25) is 0 Å². The van der Waals surface area contributed by atoms with Crippen LogP contribution < -0.4 is 5.32 Å². The lowest BCUT2D eigenvalue weighted by molar-refractivity contribution is -0.225. The van der Waals surface area contributed by atoms with Crippen molar-refractivity contribution in [1.82, 2.24) is 5.32 Å². The summed E-state index contributed by atoms with van der Waals surface area (Å²) in [6.07, 6.45) is 0.401. The van der Waals surface area contributed by atoms with Crippen molar-refractivity contribution >= 4 is 5.91 Å². The zero-order valence-corrected chi connectivity index (χ0v) is 13.1. The molecule has 0 atom stereocenters. The Hall–Kier alpha value is -0.570. The van der Waals surface area contributed by atoms with E-state index in [-0.39, 0.29) is 40.9 Å². The predicted octanol–water partition coefficient (Wildman–Crippen LogP) is 2.99. The first-order valence-electron chi connectivity index (χ1n) is 6.97. The number of ether oxygens (including phenoxy) is 1. The first-order valence-corrected chi connectivity index (χ1v) is 6.97. The Morgan fingerprint density at radius 2 is 1.50 bits per heavy atom. The molecule has 0 bridgehead atoms. The number of rotatable bonds is 4. The van der Waals surface area contributed by atoms with Gasteiger partial charge in [0.1, 0.15) is 0 Å². The zero-order valence-electron chi connectivity index (χ0n) is 13.1. The minimum absolute atomic E-state index is 0.0156. The molecule has 0 aromatic heterocycles. The minimum Gasteiger partial charge on any atom is -0.374 e. The smallest absolute Gasteiger partial charge is 0.222 e. The highest BCUT2D eigenvalue weighted by atomic mass is 16.5. The molecule has 0 aromatic carbocycles. The first-order chi connectivity index (χ1) is 8.01. The fraction of sp³-hybridized carbons (Fsp3) is 0.933. The van der Waals surface area contributed by atoms with Crippen LogP contribution in [0, 0.1) is 16.7 Å². The van der Waals surface area contributed by atoms with E-state index in [2.05, 4.69) is 46.9 Å². The summed E-state index contributed by atoms with van der Waals surface area (Å²) in [6, 6.07) is 0.170. The summed E-state index contributed by atoms with van der Waals surface area (Å²) in [6.45, 7) is 16.7. The van der Waals surface area contributed by atoms with Crippen LogP contribution in [0.25, 0.3) is 0 Å². The Morgan fingerprint density at radius 3 is 1.83 bits per heavy atom. The number of carbonyl (C=O) groups excluding carboxylic acids is 1. The first kappa shape index (κ1) is 15.5. The van der Waals surface area contributed by atoms with E-state index in [1.807, 2.05) is 13.8 Å². The number of carbonyl (C=O) groups is 1. The molecule has 18 heavy (non-hydrogen) atoms. The predicted molar refractivity (Wildman–Crippen MR) is 74.3 cm³/mol. The van der Waals surface area contributed by atoms with Gasteiger partial charge in [-0.3, -0.25) is 4.79 Å². The molecule has 0 aliphatic heterocycles. The molecular weight excluding hydrogens is 226 g/mol. The van der Waals surface area contributed by atoms with Gasteiger partial charge in [-0.05, 0) is 13.8 Å². The Balaban J connectivity index is 2.80. The van der Waals surface area contributed by atoms with Gasteiger partial charge in [0.05, 0.1) is 12.2 Å². The zero-order chi connectivity index (χ0) is 14.3. The fourth-order valence-electron chi connectivity index (χ4n) is 3.43. The van der Waals surface area contributed by atoms with Crippen molar-refractivity contribution in [1.29, 1.82) is 0 Å². The Kier molecular flexibility index (Phi) is 4.16. The monoisotopic (exact) mass is 255 g/mol. The van der Waals surface area contributed by atoms with E-state index in [0.29, 0.717) is 0 Å². The van der Waals surface area contributed by atoms with Gasteiger partial charge in [-0.25, -0.2) is 0 Å². The molecule has 1 N–H and O–H groups in total. The van der Waals surface area contributed by atoms with Gasteiger partial charge in [0.2, 0.25) is 5.91 Å². The van der Waals surface area contributed by atoms with Crippen molar-refractivity contribution in [3.63, 3.8) is 0 Å². The summed E-state index contributed by atoms with van der Waals surface area (Å²) in [7, 11) is 0. The summed E-state index contributed by atoms with van der Waals surface area (Å²) < 4.78 is 6.04. The van der Waals surface area contributed by atoms with Crippen LogP contribution in [0.4, 0.5) is 0 Å². The van der Waals surface area contributed by atoms with Gasteiger partial charge in [0, 0.05) is 22.8 Å². The van der Waals surface area contributed by atoms with E-state index in [1.54, 1.807) is 0 Å².